The minimum atomic E-state index is -2.73. The van der Waals surface area contributed by atoms with Crippen molar-refractivity contribution < 1.29 is 13.9 Å². The Morgan fingerprint density at radius 3 is 1.62 bits per heavy atom. The first-order valence-corrected chi connectivity index (χ1v) is 10.2. The van der Waals surface area contributed by atoms with E-state index in [0.717, 1.165) is 10.4 Å². The summed E-state index contributed by atoms with van der Waals surface area (Å²) in [5, 5.41) is 11.3. The molecule has 0 fully saturated rings. The zero-order valence-corrected chi connectivity index (χ0v) is 15.9. The van der Waals surface area contributed by atoms with Crippen molar-refractivity contribution in [2.24, 2.45) is 0 Å². The molecule has 4 heteroatoms. The van der Waals surface area contributed by atoms with Crippen molar-refractivity contribution in [2.45, 2.75) is 38.4 Å². The molecule has 130 valence electrons. The van der Waals surface area contributed by atoms with Crippen molar-refractivity contribution in [1.82, 2.24) is 0 Å². The van der Waals surface area contributed by atoms with Gasteiger partial charge in [0.25, 0.3) is 8.32 Å². The zero-order chi connectivity index (χ0) is 17.8. The molecule has 2 rings (SSSR count). The minimum absolute atomic E-state index is 0.128. The summed E-state index contributed by atoms with van der Waals surface area (Å²) in [5.74, 6) is 0. The van der Waals surface area contributed by atoms with E-state index in [9.17, 15) is 9.50 Å². The van der Waals surface area contributed by atoms with Crippen molar-refractivity contribution in [2.75, 3.05) is 13.2 Å². The summed E-state index contributed by atoms with van der Waals surface area (Å²) in [6.45, 7) is 7.14. The highest BCUT2D eigenvalue weighted by atomic mass is 28.4. The molecule has 0 unspecified atom stereocenters. The summed E-state index contributed by atoms with van der Waals surface area (Å²) in [5.41, 5.74) is -1.76. The second kappa shape index (κ2) is 7.17. The first-order chi connectivity index (χ1) is 11.2. The van der Waals surface area contributed by atoms with Crippen LogP contribution in [0.25, 0.3) is 0 Å². The van der Waals surface area contributed by atoms with E-state index in [4.69, 9.17) is 4.43 Å². The first kappa shape index (κ1) is 18.8. The van der Waals surface area contributed by atoms with Gasteiger partial charge in [-0.15, -0.1) is 0 Å². The van der Waals surface area contributed by atoms with Gasteiger partial charge in [-0.25, -0.2) is 4.39 Å². The molecule has 1 N–H and O–H groups in total. The molecule has 0 aliphatic rings. The molecule has 0 aromatic heterocycles. The quantitative estimate of drug-likeness (QED) is 0.814. The Balaban J connectivity index is 2.62. The number of aliphatic hydroxyl groups is 1. The lowest BCUT2D eigenvalue weighted by Crippen LogP contribution is -2.67. The molecule has 0 bridgehead atoms. The van der Waals surface area contributed by atoms with Crippen molar-refractivity contribution in [3.63, 3.8) is 0 Å². The van der Waals surface area contributed by atoms with Crippen molar-refractivity contribution in [3.05, 3.63) is 60.7 Å². The molecular formula is C20H27FO2Si. The van der Waals surface area contributed by atoms with Crippen LogP contribution in [0.3, 0.4) is 0 Å². The van der Waals surface area contributed by atoms with Crippen LogP contribution in [0.15, 0.2) is 60.7 Å². The maximum atomic E-state index is 14.4. The maximum Gasteiger partial charge on any atom is 0.261 e. The standard InChI is InChI=1S/C20H27FO2Si/c1-19(2,3)24(17-11-7-5-8-12-17,18-13-9-6-10-14-18)23-16-20(4,21)15-22/h5-14,22H,15-16H2,1-4H3/t20-/m1/s1. The summed E-state index contributed by atoms with van der Waals surface area (Å²) in [4.78, 5) is 0. The third kappa shape index (κ3) is 3.77. The fourth-order valence-corrected chi connectivity index (χ4v) is 7.74. The van der Waals surface area contributed by atoms with Crippen LogP contribution in [0.1, 0.15) is 27.7 Å². The molecule has 2 aromatic carbocycles. The molecule has 0 aliphatic carbocycles. The molecule has 0 heterocycles. The van der Waals surface area contributed by atoms with Crippen LogP contribution in [-0.2, 0) is 4.43 Å². The number of rotatable bonds is 6. The second-order valence-corrected chi connectivity index (χ2v) is 11.8. The summed E-state index contributed by atoms with van der Waals surface area (Å²) in [6.07, 6.45) is 0. The largest absolute Gasteiger partial charge is 0.404 e. The van der Waals surface area contributed by atoms with Gasteiger partial charge >= 0.3 is 0 Å². The summed E-state index contributed by atoms with van der Waals surface area (Å²) in [6, 6.07) is 20.2. The van der Waals surface area contributed by atoms with E-state index in [2.05, 4.69) is 45.0 Å². The average Bonchev–Trinajstić information content (AvgIpc) is 2.56. The van der Waals surface area contributed by atoms with Gasteiger partial charge < -0.3 is 9.53 Å². The summed E-state index contributed by atoms with van der Waals surface area (Å²) < 4.78 is 20.8. The van der Waals surface area contributed by atoms with E-state index in [1.165, 1.54) is 6.92 Å². The van der Waals surface area contributed by atoms with Crippen molar-refractivity contribution >= 4 is 18.7 Å². The highest BCUT2D eigenvalue weighted by Crippen LogP contribution is 2.37. The number of halogens is 1. The van der Waals surface area contributed by atoms with Gasteiger partial charge in [0.15, 0.2) is 5.67 Å². The van der Waals surface area contributed by atoms with Gasteiger partial charge in [-0.05, 0) is 22.3 Å². The third-order valence-electron chi connectivity index (χ3n) is 4.34. The molecule has 2 aromatic rings. The van der Waals surface area contributed by atoms with E-state index >= 15 is 0 Å². The fraction of sp³-hybridized carbons (Fsp3) is 0.400. The van der Waals surface area contributed by atoms with Gasteiger partial charge in [0.2, 0.25) is 0 Å². The van der Waals surface area contributed by atoms with Gasteiger partial charge in [0, 0.05) is 0 Å². The van der Waals surface area contributed by atoms with Gasteiger partial charge in [-0.3, -0.25) is 0 Å². The lowest BCUT2D eigenvalue weighted by Gasteiger charge is -2.44. The lowest BCUT2D eigenvalue weighted by atomic mass is 10.2. The van der Waals surface area contributed by atoms with Crippen LogP contribution >= 0.6 is 0 Å². The Labute approximate surface area is 145 Å². The number of alkyl halides is 1. The lowest BCUT2D eigenvalue weighted by molar-refractivity contribution is 0.0372. The Morgan fingerprint density at radius 2 is 1.29 bits per heavy atom. The minimum Gasteiger partial charge on any atom is -0.404 e. The van der Waals surface area contributed by atoms with E-state index in [-0.39, 0.29) is 11.6 Å². The van der Waals surface area contributed by atoms with Gasteiger partial charge in [-0.1, -0.05) is 81.4 Å². The molecule has 24 heavy (non-hydrogen) atoms. The Kier molecular flexibility index (Phi) is 5.63. The van der Waals surface area contributed by atoms with E-state index < -0.39 is 20.6 Å². The van der Waals surface area contributed by atoms with Crippen LogP contribution in [0.5, 0.6) is 0 Å². The average molecular weight is 347 g/mol. The Morgan fingerprint density at radius 1 is 0.875 bits per heavy atom. The van der Waals surface area contributed by atoms with Gasteiger partial charge in [0.1, 0.15) is 0 Å². The normalized spacial score (nSPS) is 15.1. The third-order valence-corrected chi connectivity index (χ3v) is 9.32. The van der Waals surface area contributed by atoms with Crippen molar-refractivity contribution in [3.8, 4) is 0 Å². The zero-order valence-electron chi connectivity index (χ0n) is 14.9. The predicted octanol–water partition coefficient (Wildman–Crippen LogP) is 3.28. The summed E-state index contributed by atoms with van der Waals surface area (Å²) in [7, 11) is -2.73. The van der Waals surface area contributed by atoms with Crippen LogP contribution in [-0.4, -0.2) is 32.3 Å². The highest BCUT2D eigenvalue weighted by Gasteiger charge is 2.51. The van der Waals surface area contributed by atoms with Gasteiger partial charge in [0.05, 0.1) is 13.2 Å². The Hall–Kier alpha value is -1.49. The molecule has 0 spiro atoms. The van der Waals surface area contributed by atoms with Gasteiger partial charge in [-0.2, -0.15) is 0 Å². The molecule has 1 atom stereocenters. The monoisotopic (exact) mass is 346 g/mol. The molecule has 0 radical (unpaired) electrons. The van der Waals surface area contributed by atoms with Crippen LogP contribution in [0, 0.1) is 0 Å². The Bertz CT molecular complexity index is 596. The predicted molar refractivity (Wildman–Crippen MR) is 100 cm³/mol. The number of benzene rings is 2. The van der Waals surface area contributed by atoms with E-state index in [1.807, 2.05) is 36.4 Å². The van der Waals surface area contributed by atoms with Crippen LogP contribution < -0.4 is 10.4 Å². The maximum absolute atomic E-state index is 14.4. The number of hydrogen-bond donors (Lipinski definition) is 1. The topological polar surface area (TPSA) is 29.5 Å². The number of aliphatic hydroxyl groups excluding tert-OH is 1. The molecule has 0 saturated heterocycles. The highest BCUT2D eigenvalue weighted by molar-refractivity contribution is 6.99. The summed E-state index contributed by atoms with van der Waals surface area (Å²) >= 11 is 0. The molecule has 0 amide bonds. The smallest absolute Gasteiger partial charge is 0.261 e. The van der Waals surface area contributed by atoms with Crippen molar-refractivity contribution in [1.29, 1.82) is 0 Å². The SMILES string of the molecule is CC(C)(C)[Si](OC[C@](C)(F)CO)(c1ccccc1)c1ccccc1. The van der Waals surface area contributed by atoms with E-state index in [1.54, 1.807) is 0 Å². The van der Waals surface area contributed by atoms with E-state index in [0.29, 0.717) is 0 Å². The fourth-order valence-electron chi connectivity index (χ4n) is 3.07. The molecule has 2 nitrogen and oxygen atoms in total. The van der Waals surface area contributed by atoms with Crippen LogP contribution in [0.2, 0.25) is 5.04 Å². The molecule has 0 saturated carbocycles. The molecule has 0 aliphatic heterocycles. The molecular weight excluding hydrogens is 319 g/mol. The van der Waals surface area contributed by atoms with Crippen LogP contribution in [0.4, 0.5) is 4.39 Å². The number of hydrogen-bond acceptors (Lipinski definition) is 2. The second-order valence-electron chi connectivity index (χ2n) is 7.52. The first-order valence-electron chi connectivity index (χ1n) is 8.28.